The third-order valence-electron chi connectivity index (χ3n) is 14.8. The van der Waals surface area contributed by atoms with Gasteiger partial charge in [-0.05, 0) is 143 Å². The molecule has 68 heavy (non-hydrogen) atoms. The van der Waals surface area contributed by atoms with Crippen LogP contribution in [0.15, 0.2) is 243 Å². The molecule has 0 N–H and O–H groups in total. The van der Waals surface area contributed by atoms with Crippen LogP contribution in [0.3, 0.4) is 0 Å². The fraction of sp³-hybridized carbons (Fsp3) is 0. The van der Waals surface area contributed by atoms with Crippen molar-refractivity contribution < 1.29 is 0 Å². The summed E-state index contributed by atoms with van der Waals surface area (Å²) in [4.78, 5) is 5.11. The lowest BCUT2D eigenvalue weighted by Gasteiger charge is -2.44. The van der Waals surface area contributed by atoms with Crippen molar-refractivity contribution >= 4 is 122 Å². The number of benzene rings is 12. The first-order chi connectivity index (χ1) is 33.7. The Hall–Kier alpha value is -8.86. The molecule has 3 heterocycles. The zero-order chi connectivity index (χ0) is 44.5. The second-order valence-corrected chi connectivity index (χ2v) is 18.5. The van der Waals surface area contributed by atoms with Crippen molar-refractivity contribution in [2.45, 2.75) is 0 Å². The van der Waals surface area contributed by atoms with Gasteiger partial charge >= 0.3 is 0 Å². The van der Waals surface area contributed by atoms with Gasteiger partial charge in [-0.25, -0.2) is 0 Å². The van der Waals surface area contributed by atoms with Crippen molar-refractivity contribution in [2.24, 2.45) is 0 Å². The first-order valence-corrected chi connectivity index (χ1v) is 23.6. The maximum Gasteiger partial charge on any atom is 0.252 e. The Morgan fingerprint density at radius 3 is 1.28 bits per heavy atom. The van der Waals surface area contributed by atoms with Gasteiger partial charge in [-0.2, -0.15) is 0 Å². The lowest BCUT2D eigenvalue weighted by atomic mass is 9.33. The summed E-state index contributed by atoms with van der Waals surface area (Å²) in [7, 11) is 0. The van der Waals surface area contributed by atoms with Crippen molar-refractivity contribution in [3.05, 3.63) is 243 Å². The minimum atomic E-state index is -0.0474. The molecule has 0 spiro atoms. The third-order valence-corrected chi connectivity index (χ3v) is 14.8. The second-order valence-electron chi connectivity index (χ2n) is 18.5. The van der Waals surface area contributed by atoms with E-state index < -0.39 is 0 Å². The molecular formula is C64H40BN3. The Labute approximate surface area is 394 Å². The molecule has 0 unspecified atom stereocenters. The van der Waals surface area contributed by atoms with Gasteiger partial charge in [0.05, 0.1) is 11.0 Å². The third kappa shape index (κ3) is 5.37. The average Bonchev–Trinajstić information content (AvgIpc) is 3.74. The van der Waals surface area contributed by atoms with E-state index in [4.69, 9.17) is 0 Å². The number of rotatable bonds is 4. The van der Waals surface area contributed by atoms with Crippen LogP contribution in [0.25, 0.3) is 81.7 Å². The van der Waals surface area contributed by atoms with E-state index in [9.17, 15) is 0 Å². The molecule has 2 aliphatic rings. The van der Waals surface area contributed by atoms with Gasteiger partial charge in [-0.15, -0.1) is 0 Å². The predicted molar refractivity (Wildman–Crippen MR) is 290 cm³/mol. The lowest BCUT2D eigenvalue weighted by Crippen LogP contribution is -2.61. The molecule has 4 heteroatoms. The number of hydrogen-bond donors (Lipinski definition) is 0. The first-order valence-electron chi connectivity index (χ1n) is 23.6. The van der Waals surface area contributed by atoms with E-state index in [0.717, 1.165) is 22.6 Å². The molecule has 0 amide bonds. The molecule has 13 aromatic rings. The highest BCUT2D eigenvalue weighted by atomic mass is 15.2. The molecule has 0 fully saturated rings. The maximum atomic E-state index is 2.55. The molecule has 314 valence electrons. The number of anilines is 6. The van der Waals surface area contributed by atoms with Crippen molar-refractivity contribution in [3.63, 3.8) is 0 Å². The Balaban J connectivity index is 1.09. The van der Waals surface area contributed by atoms with E-state index in [2.05, 4.69) is 257 Å². The zero-order valence-electron chi connectivity index (χ0n) is 37.0. The first kappa shape index (κ1) is 37.4. The molecule has 0 aliphatic carbocycles. The summed E-state index contributed by atoms with van der Waals surface area (Å²) in [6.07, 6.45) is 0. The van der Waals surface area contributed by atoms with Gasteiger partial charge < -0.3 is 14.4 Å². The molecule has 0 atom stereocenters. The van der Waals surface area contributed by atoms with E-state index in [1.54, 1.807) is 0 Å². The van der Waals surface area contributed by atoms with Gasteiger partial charge in [0.15, 0.2) is 0 Å². The fourth-order valence-electron chi connectivity index (χ4n) is 11.9. The van der Waals surface area contributed by atoms with Crippen molar-refractivity contribution in [1.82, 2.24) is 4.57 Å². The monoisotopic (exact) mass is 861 g/mol. The summed E-state index contributed by atoms with van der Waals surface area (Å²) >= 11 is 0. The molecule has 12 aromatic carbocycles. The lowest BCUT2D eigenvalue weighted by molar-refractivity contribution is 1.18. The molecule has 0 radical (unpaired) electrons. The second kappa shape index (κ2) is 14.3. The summed E-state index contributed by atoms with van der Waals surface area (Å²) in [5.74, 6) is 0. The molecular weight excluding hydrogens is 822 g/mol. The Bertz CT molecular complexity index is 4030. The SMILES string of the molecule is c1ccc(N2c3cc4c(ccc5ccccc54)cc3B3c4cc5ccc6ccccc6c5cc4N(c4ccccc4)c4cc(-c5ccc6c7ccccc7n(-c7ccccc7)c6c5)cc2c43)cc1. The Morgan fingerprint density at radius 2 is 0.721 bits per heavy atom. The Morgan fingerprint density at radius 1 is 0.265 bits per heavy atom. The van der Waals surface area contributed by atoms with Crippen LogP contribution in [0.1, 0.15) is 0 Å². The number of aromatic nitrogens is 1. The largest absolute Gasteiger partial charge is 0.311 e. The topological polar surface area (TPSA) is 11.4 Å². The van der Waals surface area contributed by atoms with Crippen LogP contribution in [0.2, 0.25) is 0 Å². The highest BCUT2D eigenvalue weighted by Crippen LogP contribution is 2.48. The molecule has 3 nitrogen and oxygen atoms in total. The highest BCUT2D eigenvalue weighted by Gasteiger charge is 2.44. The smallest absolute Gasteiger partial charge is 0.252 e. The van der Waals surface area contributed by atoms with Gasteiger partial charge in [-0.1, -0.05) is 170 Å². The molecule has 0 bridgehead atoms. The summed E-state index contributed by atoms with van der Waals surface area (Å²) in [6.45, 7) is -0.0474. The summed E-state index contributed by atoms with van der Waals surface area (Å²) < 4.78 is 2.43. The summed E-state index contributed by atoms with van der Waals surface area (Å²) in [5, 5.41) is 12.5. The quantitative estimate of drug-likeness (QED) is 0.129. The van der Waals surface area contributed by atoms with Crippen molar-refractivity contribution in [2.75, 3.05) is 9.80 Å². The van der Waals surface area contributed by atoms with Gasteiger partial charge in [0.25, 0.3) is 6.71 Å². The summed E-state index contributed by atoms with van der Waals surface area (Å²) in [5.41, 5.74) is 16.8. The predicted octanol–water partition coefficient (Wildman–Crippen LogP) is 15.1. The molecule has 0 saturated carbocycles. The molecule has 0 saturated heterocycles. The number of para-hydroxylation sites is 4. The highest BCUT2D eigenvalue weighted by molar-refractivity contribution is 7.00. The normalized spacial score (nSPS) is 12.9. The van der Waals surface area contributed by atoms with Crippen LogP contribution in [0.5, 0.6) is 0 Å². The van der Waals surface area contributed by atoms with E-state index in [1.165, 1.54) is 110 Å². The van der Waals surface area contributed by atoms with Crippen LogP contribution >= 0.6 is 0 Å². The molecule has 1 aromatic heterocycles. The minimum absolute atomic E-state index is 0.0474. The summed E-state index contributed by atoms with van der Waals surface area (Å²) in [6, 6.07) is 90.5. The van der Waals surface area contributed by atoms with E-state index in [1.807, 2.05) is 0 Å². The molecule has 2 aliphatic heterocycles. The van der Waals surface area contributed by atoms with Crippen LogP contribution in [0, 0.1) is 0 Å². The maximum absolute atomic E-state index is 2.55. The molecule has 15 rings (SSSR count). The van der Waals surface area contributed by atoms with E-state index in [-0.39, 0.29) is 6.71 Å². The van der Waals surface area contributed by atoms with Crippen molar-refractivity contribution in [1.29, 1.82) is 0 Å². The minimum Gasteiger partial charge on any atom is -0.311 e. The number of fused-ring (bicyclic) bond motifs is 13. The standard InChI is InChI=1S/C64H40BN3/c1-4-18-47(19-5-1)66-58-27-15-14-26-52(58)53-33-32-43(36-59(53)66)46-37-62-64-63(38-46)68(49-22-8-3-9-23-49)61-40-55-45(31-29-42-17-11-13-25-51(42)55)35-57(61)65(64)56-34-44-30-28-41-16-10-12-24-50(41)54(44)39-60(56)67(62)48-20-6-2-7-21-48/h1-40H. The van der Waals surface area contributed by atoms with Gasteiger partial charge in [0.1, 0.15) is 0 Å². The van der Waals surface area contributed by atoms with Crippen LogP contribution in [0.4, 0.5) is 34.1 Å². The van der Waals surface area contributed by atoms with Gasteiger partial charge in [0.2, 0.25) is 0 Å². The van der Waals surface area contributed by atoms with Crippen molar-refractivity contribution in [3.8, 4) is 16.8 Å². The van der Waals surface area contributed by atoms with E-state index in [0.29, 0.717) is 0 Å². The van der Waals surface area contributed by atoms with Gasteiger partial charge in [0, 0.05) is 50.6 Å². The van der Waals surface area contributed by atoms with Gasteiger partial charge in [-0.3, -0.25) is 0 Å². The Kier molecular flexibility index (Phi) is 7.87. The zero-order valence-corrected chi connectivity index (χ0v) is 37.0. The number of nitrogens with zero attached hydrogens (tertiary/aromatic N) is 3. The number of hydrogen-bond acceptors (Lipinski definition) is 2. The average molecular weight is 862 g/mol. The van der Waals surface area contributed by atoms with Crippen LogP contribution in [-0.2, 0) is 0 Å². The fourth-order valence-corrected chi connectivity index (χ4v) is 11.9. The van der Waals surface area contributed by atoms with E-state index >= 15 is 0 Å². The van der Waals surface area contributed by atoms with Crippen LogP contribution < -0.4 is 26.2 Å². The van der Waals surface area contributed by atoms with Crippen LogP contribution in [-0.4, -0.2) is 11.3 Å².